The summed E-state index contributed by atoms with van der Waals surface area (Å²) in [5.41, 5.74) is 8.35. The molecule has 198 valence electrons. The summed E-state index contributed by atoms with van der Waals surface area (Å²) in [6.07, 6.45) is 7.78. The van der Waals surface area contributed by atoms with Gasteiger partial charge in [-0.25, -0.2) is 0 Å². The van der Waals surface area contributed by atoms with Gasteiger partial charge in [0.2, 0.25) is 5.91 Å². The van der Waals surface area contributed by atoms with Crippen LogP contribution in [0.2, 0.25) is 0 Å². The van der Waals surface area contributed by atoms with E-state index >= 15 is 0 Å². The number of rotatable bonds is 8. The first kappa shape index (κ1) is 27.0. The van der Waals surface area contributed by atoms with Gasteiger partial charge in [0.15, 0.2) is 0 Å². The van der Waals surface area contributed by atoms with E-state index in [1.165, 1.54) is 0 Å². The number of benzene rings is 2. The van der Waals surface area contributed by atoms with Crippen LogP contribution in [0.1, 0.15) is 57.7 Å². The fraction of sp³-hybridized carbons (Fsp3) is 0.452. The molecular weight excluding hydrogens is 462 g/mol. The number of amides is 1. The van der Waals surface area contributed by atoms with E-state index in [0.29, 0.717) is 11.3 Å². The molecule has 2 unspecified atom stereocenters. The topological polar surface area (TPSA) is 90.0 Å². The monoisotopic (exact) mass is 503 g/mol. The minimum absolute atomic E-state index is 0.0276. The van der Waals surface area contributed by atoms with Crippen LogP contribution in [-0.2, 0) is 11.3 Å². The molecule has 6 heteroatoms. The molecule has 1 heterocycles. The Bertz CT molecular complexity index is 1180. The van der Waals surface area contributed by atoms with Crippen molar-refractivity contribution < 1.29 is 15.0 Å². The summed E-state index contributed by atoms with van der Waals surface area (Å²) in [5, 5.41) is 20.4. The van der Waals surface area contributed by atoms with Gasteiger partial charge in [0.1, 0.15) is 11.5 Å². The quantitative estimate of drug-likeness (QED) is 0.464. The summed E-state index contributed by atoms with van der Waals surface area (Å²) in [5.74, 6) is 0.148. The maximum absolute atomic E-state index is 12.5. The van der Waals surface area contributed by atoms with Crippen molar-refractivity contribution in [3.8, 4) is 11.5 Å². The van der Waals surface area contributed by atoms with Crippen LogP contribution in [0.3, 0.4) is 0 Å². The van der Waals surface area contributed by atoms with Gasteiger partial charge < -0.3 is 15.9 Å². The maximum Gasteiger partial charge on any atom is 0.244 e. The molecule has 0 bridgehead atoms. The number of carbonyl (C=O) groups is 1. The van der Waals surface area contributed by atoms with Crippen LogP contribution in [0, 0.1) is 11.3 Å². The van der Waals surface area contributed by atoms with Crippen molar-refractivity contribution in [3.05, 3.63) is 83.5 Å². The Hall–Kier alpha value is -3.09. The first-order valence-corrected chi connectivity index (χ1v) is 13.5. The lowest BCUT2D eigenvalue weighted by Crippen LogP contribution is -2.60. The highest BCUT2D eigenvalue weighted by Crippen LogP contribution is 2.54. The molecule has 4 rings (SSSR count). The van der Waals surface area contributed by atoms with Crippen molar-refractivity contribution in [2.75, 3.05) is 13.1 Å². The van der Waals surface area contributed by atoms with Crippen molar-refractivity contribution in [2.45, 2.75) is 65.2 Å². The second-order valence-electron chi connectivity index (χ2n) is 10.8. The molecule has 1 aliphatic carbocycles. The third kappa shape index (κ3) is 5.32. The lowest BCUT2D eigenvalue weighted by Gasteiger charge is -2.55. The Balaban J connectivity index is 1.74. The molecule has 1 saturated heterocycles. The molecule has 1 aliphatic heterocycles. The molecule has 2 aromatic rings. The molecule has 2 aliphatic rings. The van der Waals surface area contributed by atoms with Crippen LogP contribution in [0.25, 0.3) is 0 Å². The summed E-state index contributed by atoms with van der Waals surface area (Å²) >= 11 is 0. The van der Waals surface area contributed by atoms with Gasteiger partial charge >= 0.3 is 0 Å². The van der Waals surface area contributed by atoms with Crippen LogP contribution < -0.4 is 5.73 Å². The summed E-state index contributed by atoms with van der Waals surface area (Å²) < 4.78 is 0. The number of aromatic hydroxyl groups is 2. The molecule has 0 aromatic heterocycles. The zero-order valence-corrected chi connectivity index (χ0v) is 22.5. The summed E-state index contributed by atoms with van der Waals surface area (Å²) in [6.45, 7) is 11.3. The van der Waals surface area contributed by atoms with Crippen LogP contribution in [0.4, 0.5) is 0 Å². The molecule has 0 saturated carbocycles. The SMILES string of the molecule is CCC1C(C(N)=O)=CC=CC1(CC)[C@@H](c1cccc(O)c1)N1C[C@@H](C)N(Cc2cccc(O)c2)C[C@@H]1C. The lowest BCUT2D eigenvalue weighted by molar-refractivity contribution is -0.116. The number of phenols is 2. The van der Waals surface area contributed by atoms with Crippen molar-refractivity contribution in [1.29, 1.82) is 0 Å². The minimum atomic E-state index is -0.360. The molecule has 1 amide bonds. The third-order valence-corrected chi connectivity index (χ3v) is 8.50. The van der Waals surface area contributed by atoms with Gasteiger partial charge in [-0.15, -0.1) is 0 Å². The number of nitrogens with two attached hydrogens (primary N) is 1. The summed E-state index contributed by atoms with van der Waals surface area (Å²) in [4.78, 5) is 17.6. The lowest BCUT2D eigenvalue weighted by atomic mass is 9.60. The number of piperazine rings is 1. The average Bonchev–Trinajstić information content (AvgIpc) is 2.86. The van der Waals surface area contributed by atoms with Crippen LogP contribution in [0.5, 0.6) is 11.5 Å². The smallest absolute Gasteiger partial charge is 0.244 e. The van der Waals surface area contributed by atoms with Crippen LogP contribution >= 0.6 is 0 Å². The number of phenolic OH excluding ortho intramolecular Hbond substituents is 2. The van der Waals surface area contributed by atoms with Crippen LogP contribution in [0.15, 0.2) is 72.3 Å². The zero-order valence-electron chi connectivity index (χ0n) is 22.5. The Labute approximate surface area is 221 Å². The van der Waals surface area contributed by atoms with Gasteiger partial charge in [0, 0.05) is 48.7 Å². The van der Waals surface area contributed by atoms with Gasteiger partial charge in [-0.05, 0) is 68.0 Å². The molecule has 4 N–H and O–H groups in total. The highest BCUT2D eigenvalue weighted by atomic mass is 16.3. The standard InChI is InChI=1S/C31H41N3O3/c1-5-28-27(30(32)37)14-9-15-31(28,6-2)29(24-11-8-13-26(36)17-24)34-19-21(3)33(18-22(34)4)20-23-10-7-12-25(35)16-23/h7-17,21-22,28-29,35-36H,5-6,18-20H2,1-4H3,(H2,32,37)/t21-,22+,28?,29-,31?/m1/s1. The van der Waals surface area contributed by atoms with Gasteiger partial charge in [-0.2, -0.15) is 0 Å². The average molecular weight is 504 g/mol. The molecule has 0 radical (unpaired) electrons. The Morgan fingerprint density at radius 1 is 1.05 bits per heavy atom. The van der Waals surface area contributed by atoms with E-state index in [0.717, 1.165) is 43.6 Å². The number of hydrogen-bond acceptors (Lipinski definition) is 5. The highest BCUT2D eigenvalue weighted by molar-refractivity contribution is 5.93. The second kappa shape index (κ2) is 11.1. The maximum atomic E-state index is 12.5. The Morgan fingerprint density at radius 2 is 1.76 bits per heavy atom. The molecule has 2 aromatic carbocycles. The predicted octanol–water partition coefficient (Wildman–Crippen LogP) is 5.14. The number of carbonyl (C=O) groups excluding carboxylic acids is 1. The molecule has 37 heavy (non-hydrogen) atoms. The Kier molecular flexibility index (Phi) is 8.10. The van der Waals surface area contributed by atoms with Gasteiger partial charge in [0.05, 0.1) is 0 Å². The van der Waals surface area contributed by atoms with Gasteiger partial charge in [0.25, 0.3) is 0 Å². The first-order chi connectivity index (χ1) is 17.7. The highest BCUT2D eigenvalue weighted by Gasteiger charge is 2.50. The number of primary amides is 1. The second-order valence-corrected chi connectivity index (χ2v) is 10.8. The minimum Gasteiger partial charge on any atom is -0.508 e. The first-order valence-electron chi connectivity index (χ1n) is 13.5. The summed E-state index contributed by atoms with van der Waals surface area (Å²) in [6, 6.07) is 15.5. The number of hydrogen-bond donors (Lipinski definition) is 3. The predicted molar refractivity (Wildman–Crippen MR) is 148 cm³/mol. The van der Waals surface area contributed by atoms with Crippen LogP contribution in [-0.4, -0.2) is 51.1 Å². The third-order valence-electron chi connectivity index (χ3n) is 8.50. The van der Waals surface area contributed by atoms with Gasteiger partial charge in [-0.3, -0.25) is 14.6 Å². The Morgan fingerprint density at radius 3 is 2.38 bits per heavy atom. The van der Waals surface area contributed by atoms with E-state index < -0.39 is 0 Å². The number of allylic oxidation sites excluding steroid dienone is 2. The molecule has 1 fully saturated rings. The molecular formula is C31H41N3O3. The van der Waals surface area contributed by atoms with Crippen molar-refractivity contribution in [1.82, 2.24) is 9.80 Å². The van der Waals surface area contributed by atoms with Crippen molar-refractivity contribution >= 4 is 5.91 Å². The van der Waals surface area contributed by atoms with Crippen molar-refractivity contribution in [2.24, 2.45) is 17.1 Å². The van der Waals surface area contributed by atoms with E-state index in [2.05, 4.69) is 55.7 Å². The zero-order chi connectivity index (χ0) is 26.7. The van der Waals surface area contributed by atoms with E-state index in [1.807, 2.05) is 36.4 Å². The van der Waals surface area contributed by atoms with Crippen molar-refractivity contribution in [3.63, 3.8) is 0 Å². The molecule has 0 spiro atoms. The number of nitrogens with zero attached hydrogens (tertiary/aromatic N) is 2. The normalized spacial score (nSPS) is 27.6. The molecule has 6 nitrogen and oxygen atoms in total. The van der Waals surface area contributed by atoms with Gasteiger partial charge in [-0.1, -0.05) is 56.3 Å². The largest absolute Gasteiger partial charge is 0.508 e. The fourth-order valence-electron chi connectivity index (χ4n) is 6.75. The fourth-order valence-corrected chi connectivity index (χ4v) is 6.75. The van der Waals surface area contributed by atoms with E-state index in [4.69, 9.17) is 5.73 Å². The molecule has 5 atom stereocenters. The van der Waals surface area contributed by atoms with E-state index in [9.17, 15) is 15.0 Å². The van der Waals surface area contributed by atoms with E-state index in [-0.39, 0.29) is 41.1 Å². The summed E-state index contributed by atoms with van der Waals surface area (Å²) in [7, 11) is 0. The van der Waals surface area contributed by atoms with E-state index in [1.54, 1.807) is 12.1 Å².